The minimum absolute atomic E-state index is 0. The van der Waals surface area contributed by atoms with Gasteiger partial charge in [0, 0.05) is 37.2 Å². The average molecular weight is 327 g/mol. The van der Waals surface area contributed by atoms with Gasteiger partial charge in [-0.3, -0.25) is 4.79 Å². The quantitative estimate of drug-likeness (QED) is 0.858. The minimum atomic E-state index is 0. The van der Waals surface area contributed by atoms with Crippen LogP contribution in [0.3, 0.4) is 0 Å². The van der Waals surface area contributed by atoms with Gasteiger partial charge in [0.2, 0.25) is 0 Å². The molecule has 122 valence electrons. The maximum atomic E-state index is 12.7. The number of ether oxygens (including phenoxy) is 2. The van der Waals surface area contributed by atoms with Gasteiger partial charge in [0.1, 0.15) is 0 Å². The first kappa shape index (κ1) is 16.9. The summed E-state index contributed by atoms with van der Waals surface area (Å²) in [6.45, 7) is 7.05. The zero-order valence-corrected chi connectivity index (χ0v) is 13.8. The number of hydrogen-bond donors (Lipinski definition) is 1. The molecule has 22 heavy (non-hydrogen) atoms. The van der Waals surface area contributed by atoms with Crippen molar-refractivity contribution in [2.75, 3.05) is 26.3 Å². The van der Waals surface area contributed by atoms with E-state index in [1.54, 1.807) is 0 Å². The Morgan fingerprint density at radius 1 is 1.23 bits per heavy atom. The van der Waals surface area contributed by atoms with E-state index in [0.717, 1.165) is 25.3 Å². The van der Waals surface area contributed by atoms with Gasteiger partial charge in [-0.15, -0.1) is 12.4 Å². The molecule has 1 saturated heterocycles. The molecule has 2 aliphatic heterocycles. The third-order valence-electron chi connectivity index (χ3n) is 4.29. The number of fused-ring (bicyclic) bond motifs is 1. The van der Waals surface area contributed by atoms with Crippen LogP contribution in [0.1, 0.15) is 30.6 Å². The molecule has 0 radical (unpaired) electrons. The topological polar surface area (TPSA) is 50.8 Å². The zero-order chi connectivity index (χ0) is 14.8. The number of nitrogens with zero attached hydrogens (tertiary/aromatic N) is 1. The van der Waals surface area contributed by atoms with Crippen LogP contribution in [0.5, 0.6) is 11.5 Å². The van der Waals surface area contributed by atoms with E-state index in [2.05, 4.69) is 19.2 Å². The second-order valence-corrected chi connectivity index (χ2v) is 5.69. The summed E-state index contributed by atoms with van der Waals surface area (Å²) < 4.78 is 11.3. The SMILES string of the molecule is CC1NCCN(C(=O)c2ccc3c(c2)OCCCO3)C1C.Cl. The molecule has 2 heterocycles. The molecule has 5 nitrogen and oxygen atoms in total. The molecule has 1 N–H and O–H groups in total. The van der Waals surface area contributed by atoms with Crippen molar-refractivity contribution in [3.05, 3.63) is 23.8 Å². The largest absolute Gasteiger partial charge is 0.490 e. The van der Waals surface area contributed by atoms with Crippen LogP contribution >= 0.6 is 12.4 Å². The van der Waals surface area contributed by atoms with E-state index in [1.165, 1.54) is 0 Å². The summed E-state index contributed by atoms with van der Waals surface area (Å²) in [6, 6.07) is 5.97. The highest BCUT2D eigenvalue weighted by Gasteiger charge is 2.29. The van der Waals surface area contributed by atoms with Crippen molar-refractivity contribution in [1.29, 1.82) is 0 Å². The molecule has 0 aromatic heterocycles. The van der Waals surface area contributed by atoms with Crippen LogP contribution < -0.4 is 14.8 Å². The summed E-state index contributed by atoms with van der Waals surface area (Å²) >= 11 is 0. The molecule has 1 aromatic rings. The van der Waals surface area contributed by atoms with E-state index >= 15 is 0 Å². The van der Waals surface area contributed by atoms with Gasteiger partial charge in [0.15, 0.2) is 11.5 Å². The van der Waals surface area contributed by atoms with E-state index in [0.29, 0.717) is 30.6 Å². The Bertz CT molecular complexity index is 538. The van der Waals surface area contributed by atoms with Crippen LogP contribution in [0.15, 0.2) is 18.2 Å². The Labute approximate surface area is 137 Å². The molecular weight excluding hydrogens is 304 g/mol. The van der Waals surface area contributed by atoms with Gasteiger partial charge >= 0.3 is 0 Å². The van der Waals surface area contributed by atoms with Gasteiger partial charge in [0.05, 0.1) is 13.2 Å². The number of rotatable bonds is 1. The Hall–Kier alpha value is -1.46. The standard InChI is InChI=1S/C16H22N2O3.ClH/c1-11-12(2)18(7-6-17-11)16(19)13-4-5-14-15(10-13)21-9-3-8-20-14;/h4-5,10-12,17H,3,6-9H2,1-2H3;1H. The fourth-order valence-corrected chi connectivity index (χ4v) is 2.81. The summed E-state index contributed by atoms with van der Waals surface area (Å²) in [4.78, 5) is 14.7. The number of carbonyl (C=O) groups is 1. The highest BCUT2D eigenvalue weighted by atomic mass is 35.5. The Kier molecular flexibility index (Phi) is 5.53. The molecular formula is C16H23ClN2O3. The molecule has 1 aromatic carbocycles. The van der Waals surface area contributed by atoms with E-state index in [1.807, 2.05) is 23.1 Å². The summed E-state index contributed by atoms with van der Waals surface area (Å²) in [5.74, 6) is 1.46. The van der Waals surface area contributed by atoms with Crippen molar-refractivity contribution in [2.24, 2.45) is 0 Å². The average Bonchev–Trinajstić information content (AvgIpc) is 2.74. The van der Waals surface area contributed by atoms with E-state index in [4.69, 9.17) is 9.47 Å². The Morgan fingerprint density at radius 2 is 1.95 bits per heavy atom. The Morgan fingerprint density at radius 3 is 2.73 bits per heavy atom. The number of hydrogen-bond acceptors (Lipinski definition) is 4. The van der Waals surface area contributed by atoms with E-state index < -0.39 is 0 Å². The third kappa shape index (κ3) is 3.31. The molecule has 6 heteroatoms. The monoisotopic (exact) mass is 326 g/mol. The molecule has 0 bridgehead atoms. The van der Waals surface area contributed by atoms with Crippen molar-refractivity contribution in [3.8, 4) is 11.5 Å². The van der Waals surface area contributed by atoms with Crippen LogP contribution in [0.4, 0.5) is 0 Å². The van der Waals surface area contributed by atoms with Crippen molar-refractivity contribution in [2.45, 2.75) is 32.4 Å². The number of piperazine rings is 1. The molecule has 0 spiro atoms. The summed E-state index contributed by atoms with van der Waals surface area (Å²) in [6.07, 6.45) is 0.865. The van der Waals surface area contributed by atoms with Crippen LogP contribution in [0.25, 0.3) is 0 Å². The van der Waals surface area contributed by atoms with Crippen molar-refractivity contribution < 1.29 is 14.3 Å². The second-order valence-electron chi connectivity index (χ2n) is 5.69. The zero-order valence-electron chi connectivity index (χ0n) is 13.0. The molecule has 3 rings (SSSR count). The highest BCUT2D eigenvalue weighted by molar-refractivity contribution is 5.95. The predicted molar refractivity (Wildman–Crippen MR) is 87.3 cm³/mol. The molecule has 0 aliphatic carbocycles. The summed E-state index contributed by atoms with van der Waals surface area (Å²) in [5.41, 5.74) is 0.667. The minimum Gasteiger partial charge on any atom is -0.490 e. The van der Waals surface area contributed by atoms with E-state index in [9.17, 15) is 4.79 Å². The van der Waals surface area contributed by atoms with Crippen molar-refractivity contribution in [1.82, 2.24) is 10.2 Å². The Balaban J connectivity index is 0.00000176. The third-order valence-corrected chi connectivity index (χ3v) is 4.29. The van der Waals surface area contributed by atoms with Gasteiger partial charge < -0.3 is 19.7 Å². The number of benzene rings is 1. The molecule has 1 fully saturated rings. The smallest absolute Gasteiger partial charge is 0.254 e. The lowest BCUT2D eigenvalue weighted by molar-refractivity contribution is 0.0602. The van der Waals surface area contributed by atoms with E-state index in [-0.39, 0.29) is 24.4 Å². The molecule has 2 unspecified atom stereocenters. The van der Waals surface area contributed by atoms with Gasteiger partial charge in [-0.2, -0.15) is 0 Å². The van der Waals surface area contributed by atoms with Gasteiger partial charge in [0.25, 0.3) is 5.91 Å². The lowest BCUT2D eigenvalue weighted by Crippen LogP contribution is -2.57. The molecule has 0 saturated carbocycles. The summed E-state index contributed by atoms with van der Waals surface area (Å²) in [7, 11) is 0. The van der Waals surface area contributed by atoms with Crippen LogP contribution in [0, 0.1) is 0 Å². The number of halogens is 1. The highest BCUT2D eigenvalue weighted by Crippen LogP contribution is 2.31. The number of amides is 1. The van der Waals surface area contributed by atoms with Crippen LogP contribution in [0.2, 0.25) is 0 Å². The first-order valence-corrected chi connectivity index (χ1v) is 7.61. The predicted octanol–water partition coefficient (Wildman–Crippen LogP) is 2.09. The summed E-state index contributed by atoms with van der Waals surface area (Å²) in [5, 5.41) is 3.39. The maximum absolute atomic E-state index is 12.7. The van der Waals surface area contributed by atoms with Crippen molar-refractivity contribution in [3.63, 3.8) is 0 Å². The lowest BCUT2D eigenvalue weighted by atomic mass is 10.1. The number of carbonyl (C=O) groups excluding carboxylic acids is 1. The first-order valence-electron chi connectivity index (χ1n) is 7.61. The fraction of sp³-hybridized carbons (Fsp3) is 0.562. The number of nitrogens with one attached hydrogen (secondary N) is 1. The second kappa shape index (κ2) is 7.20. The van der Waals surface area contributed by atoms with Gasteiger partial charge in [-0.1, -0.05) is 0 Å². The normalized spacial score (nSPS) is 24.2. The molecule has 1 amide bonds. The van der Waals surface area contributed by atoms with Crippen molar-refractivity contribution >= 4 is 18.3 Å². The van der Waals surface area contributed by atoms with Gasteiger partial charge in [-0.05, 0) is 32.0 Å². The lowest BCUT2D eigenvalue weighted by Gasteiger charge is -2.38. The fourth-order valence-electron chi connectivity index (χ4n) is 2.81. The molecule has 2 aliphatic rings. The maximum Gasteiger partial charge on any atom is 0.254 e. The van der Waals surface area contributed by atoms with Crippen LogP contribution in [-0.2, 0) is 0 Å². The van der Waals surface area contributed by atoms with Gasteiger partial charge in [-0.25, -0.2) is 0 Å². The first-order chi connectivity index (χ1) is 10.2. The molecule has 2 atom stereocenters. The van der Waals surface area contributed by atoms with Crippen LogP contribution in [-0.4, -0.2) is 49.2 Å².